The first-order chi connectivity index (χ1) is 12.3. The summed E-state index contributed by atoms with van der Waals surface area (Å²) in [6.07, 6.45) is 0.498. The quantitative estimate of drug-likeness (QED) is 0.750. The standard InChI is InChI=1S/C18H24N2O6/c1-6-12-15(17(22)24-7-2)13(20-18(23)19-12)8-25-16(21)14-9(3)10(4)26-11(14)5/h12H,6-8H2,1-5H3,(H2,19,20,23)/t12-/m0/s1. The highest BCUT2D eigenvalue weighted by Gasteiger charge is 2.32. The molecule has 0 aromatic carbocycles. The number of nitrogens with one attached hydrogen (secondary N) is 2. The van der Waals surface area contributed by atoms with Gasteiger partial charge in [-0.15, -0.1) is 0 Å². The SMILES string of the molecule is CCOC(=O)C1=C(COC(=O)c2c(C)oc(C)c2C)NC(=O)N[C@H]1CC. The van der Waals surface area contributed by atoms with Crippen LogP contribution in [0.25, 0.3) is 0 Å². The molecule has 1 atom stereocenters. The molecule has 26 heavy (non-hydrogen) atoms. The van der Waals surface area contributed by atoms with Gasteiger partial charge in [0.1, 0.15) is 23.7 Å². The number of urea groups is 1. The number of amides is 2. The smallest absolute Gasteiger partial charge is 0.342 e. The summed E-state index contributed by atoms with van der Waals surface area (Å²) >= 11 is 0. The van der Waals surface area contributed by atoms with Gasteiger partial charge in [-0.1, -0.05) is 6.92 Å². The van der Waals surface area contributed by atoms with Gasteiger partial charge in [0, 0.05) is 5.56 Å². The normalized spacial score (nSPS) is 16.8. The van der Waals surface area contributed by atoms with Crippen molar-refractivity contribution < 1.29 is 28.3 Å². The van der Waals surface area contributed by atoms with Gasteiger partial charge in [0.15, 0.2) is 0 Å². The van der Waals surface area contributed by atoms with Crippen LogP contribution in [-0.2, 0) is 14.3 Å². The first-order valence-electron chi connectivity index (χ1n) is 8.51. The summed E-state index contributed by atoms with van der Waals surface area (Å²) in [5.74, 6) is -0.0229. The molecule has 0 fully saturated rings. The third-order valence-electron chi connectivity index (χ3n) is 4.26. The van der Waals surface area contributed by atoms with Crippen LogP contribution in [-0.4, -0.2) is 37.2 Å². The Labute approximate surface area is 151 Å². The molecule has 2 heterocycles. The highest BCUT2D eigenvalue weighted by molar-refractivity contribution is 5.95. The molecule has 0 saturated carbocycles. The van der Waals surface area contributed by atoms with Gasteiger partial charge in [-0.2, -0.15) is 0 Å². The van der Waals surface area contributed by atoms with Gasteiger partial charge in [-0.25, -0.2) is 14.4 Å². The van der Waals surface area contributed by atoms with Crippen LogP contribution < -0.4 is 10.6 Å². The number of ether oxygens (including phenoxy) is 2. The number of rotatable bonds is 6. The molecule has 0 radical (unpaired) electrons. The van der Waals surface area contributed by atoms with E-state index in [-0.39, 0.29) is 24.5 Å². The zero-order chi connectivity index (χ0) is 19.4. The van der Waals surface area contributed by atoms with Gasteiger partial charge in [0.2, 0.25) is 0 Å². The zero-order valence-corrected chi connectivity index (χ0v) is 15.6. The molecule has 0 saturated heterocycles. The lowest BCUT2D eigenvalue weighted by Gasteiger charge is -2.28. The Morgan fingerprint density at radius 2 is 1.77 bits per heavy atom. The molecule has 2 amide bonds. The van der Waals surface area contributed by atoms with Crippen LogP contribution in [0.5, 0.6) is 0 Å². The van der Waals surface area contributed by atoms with Crippen LogP contribution in [0.2, 0.25) is 0 Å². The van der Waals surface area contributed by atoms with Gasteiger partial charge < -0.3 is 24.5 Å². The molecule has 1 aromatic heterocycles. The van der Waals surface area contributed by atoms with Crippen molar-refractivity contribution in [3.05, 3.63) is 33.9 Å². The summed E-state index contributed by atoms with van der Waals surface area (Å²) in [5, 5.41) is 5.20. The molecule has 1 aliphatic rings. The Hall–Kier alpha value is -2.77. The number of hydrogen-bond acceptors (Lipinski definition) is 6. The topological polar surface area (TPSA) is 107 Å². The Bertz CT molecular complexity index is 762. The van der Waals surface area contributed by atoms with E-state index < -0.39 is 24.0 Å². The molecule has 2 N–H and O–H groups in total. The summed E-state index contributed by atoms with van der Waals surface area (Å²) < 4.78 is 15.8. The Morgan fingerprint density at radius 1 is 1.08 bits per heavy atom. The van der Waals surface area contributed by atoms with Crippen LogP contribution in [0, 0.1) is 20.8 Å². The van der Waals surface area contributed by atoms with Crippen LogP contribution in [0.15, 0.2) is 15.7 Å². The van der Waals surface area contributed by atoms with Crippen molar-refractivity contribution in [2.75, 3.05) is 13.2 Å². The molecule has 1 aromatic rings. The predicted molar refractivity (Wildman–Crippen MR) is 92.6 cm³/mol. The predicted octanol–water partition coefficient (Wildman–Crippen LogP) is 2.27. The van der Waals surface area contributed by atoms with E-state index in [1.165, 1.54) is 0 Å². The molecule has 8 nitrogen and oxygen atoms in total. The van der Waals surface area contributed by atoms with Crippen LogP contribution >= 0.6 is 0 Å². The van der Waals surface area contributed by atoms with E-state index in [1.54, 1.807) is 27.7 Å². The maximum absolute atomic E-state index is 12.4. The number of carbonyl (C=O) groups excluding carboxylic acids is 3. The van der Waals surface area contributed by atoms with Crippen LogP contribution in [0.3, 0.4) is 0 Å². The maximum Gasteiger partial charge on any atom is 0.342 e. The third kappa shape index (κ3) is 3.89. The molecule has 0 unspecified atom stereocenters. The van der Waals surface area contributed by atoms with Crippen molar-refractivity contribution in [1.29, 1.82) is 0 Å². The molecule has 1 aliphatic heterocycles. The molecule has 2 rings (SSSR count). The van der Waals surface area contributed by atoms with Crippen molar-refractivity contribution in [3.8, 4) is 0 Å². The fraction of sp³-hybridized carbons (Fsp3) is 0.500. The lowest BCUT2D eigenvalue weighted by atomic mass is 10.0. The van der Waals surface area contributed by atoms with Crippen molar-refractivity contribution in [2.24, 2.45) is 0 Å². The molecule has 0 aliphatic carbocycles. The minimum atomic E-state index is -0.576. The van der Waals surface area contributed by atoms with E-state index in [0.717, 1.165) is 0 Å². The van der Waals surface area contributed by atoms with E-state index in [4.69, 9.17) is 13.9 Å². The van der Waals surface area contributed by atoms with Gasteiger partial charge in [-0.05, 0) is 34.1 Å². The second kappa shape index (κ2) is 8.07. The van der Waals surface area contributed by atoms with Gasteiger partial charge >= 0.3 is 18.0 Å². The second-order valence-corrected chi connectivity index (χ2v) is 5.96. The number of furan rings is 1. The second-order valence-electron chi connectivity index (χ2n) is 5.96. The molecule has 0 spiro atoms. The summed E-state index contributed by atoms with van der Waals surface area (Å²) in [4.78, 5) is 36.5. The monoisotopic (exact) mass is 364 g/mol. The number of carbonyl (C=O) groups is 3. The third-order valence-corrected chi connectivity index (χ3v) is 4.26. The minimum absolute atomic E-state index is 0.201. The fourth-order valence-corrected chi connectivity index (χ4v) is 2.88. The largest absolute Gasteiger partial charge is 0.465 e. The lowest BCUT2D eigenvalue weighted by Crippen LogP contribution is -2.51. The highest BCUT2D eigenvalue weighted by atomic mass is 16.5. The Morgan fingerprint density at radius 3 is 2.31 bits per heavy atom. The summed E-state index contributed by atoms with van der Waals surface area (Å²) in [7, 11) is 0. The maximum atomic E-state index is 12.4. The van der Waals surface area contributed by atoms with Crippen molar-refractivity contribution in [2.45, 2.75) is 47.1 Å². The molecular formula is C18H24N2O6. The summed E-state index contributed by atoms with van der Waals surface area (Å²) in [6.45, 7) is 8.69. The number of esters is 2. The van der Waals surface area contributed by atoms with Crippen molar-refractivity contribution in [1.82, 2.24) is 10.6 Å². The first kappa shape index (κ1) is 19.6. The molecule has 0 bridgehead atoms. The Kier molecular flexibility index (Phi) is 6.07. The van der Waals surface area contributed by atoms with E-state index in [9.17, 15) is 14.4 Å². The molecule has 8 heteroatoms. The highest BCUT2D eigenvalue weighted by Crippen LogP contribution is 2.22. The van der Waals surface area contributed by atoms with Crippen molar-refractivity contribution >= 4 is 18.0 Å². The number of aryl methyl sites for hydroxylation is 2. The molecule has 142 valence electrons. The number of hydrogen-bond donors (Lipinski definition) is 2. The summed E-state index contributed by atoms with van der Waals surface area (Å²) in [6, 6.07) is -0.960. The molecular weight excluding hydrogens is 340 g/mol. The van der Waals surface area contributed by atoms with Crippen LogP contribution in [0.1, 0.15) is 47.7 Å². The summed E-state index contributed by atoms with van der Waals surface area (Å²) in [5.41, 5.74) is 1.54. The van der Waals surface area contributed by atoms with Gasteiger partial charge in [-0.3, -0.25) is 0 Å². The Balaban J connectivity index is 2.26. The van der Waals surface area contributed by atoms with Crippen molar-refractivity contribution in [3.63, 3.8) is 0 Å². The van der Waals surface area contributed by atoms with E-state index in [2.05, 4.69) is 10.6 Å². The average Bonchev–Trinajstić information content (AvgIpc) is 2.84. The van der Waals surface area contributed by atoms with Gasteiger partial charge in [0.25, 0.3) is 0 Å². The minimum Gasteiger partial charge on any atom is -0.465 e. The average molecular weight is 364 g/mol. The zero-order valence-electron chi connectivity index (χ0n) is 15.6. The first-order valence-corrected chi connectivity index (χ1v) is 8.51. The van der Waals surface area contributed by atoms with E-state index >= 15 is 0 Å². The van der Waals surface area contributed by atoms with E-state index in [1.807, 2.05) is 6.92 Å². The fourth-order valence-electron chi connectivity index (χ4n) is 2.88. The van der Waals surface area contributed by atoms with Gasteiger partial charge in [0.05, 0.1) is 23.9 Å². The van der Waals surface area contributed by atoms with E-state index in [0.29, 0.717) is 29.1 Å². The lowest BCUT2D eigenvalue weighted by molar-refractivity contribution is -0.139. The van der Waals surface area contributed by atoms with Crippen LogP contribution in [0.4, 0.5) is 4.79 Å².